The number of sulfonamides is 1. The summed E-state index contributed by atoms with van der Waals surface area (Å²) in [7, 11) is -4.02. The van der Waals surface area contributed by atoms with E-state index in [4.69, 9.17) is 4.42 Å². The van der Waals surface area contributed by atoms with Crippen molar-refractivity contribution >= 4 is 33.2 Å². The maximum atomic E-state index is 13.8. The van der Waals surface area contributed by atoms with E-state index in [0.29, 0.717) is 5.76 Å². The van der Waals surface area contributed by atoms with Gasteiger partial charge in [0.2, 0.25) is 21.8 Å². The van der Waals surface area contributed by atoms with E-state index < -0.39 is 34.2 Å². The molecule has 0 radical (unpaired) electrons. The van der Waals surface area contributed by atoms with Crippen LogP contribution < -0.4 is 10.6 Å². The summed E-state index contributed by atoms with van der Waals surface area (Å²) < 4.78 is 46.5. The van der Waals surface area contributed by atoms with Crippen molar-refractivity contribution in [2.45, 2.75) is 25.3 Å². The molecule has 0 unspecified atom stereocenters. The Labute approximate surface area is 185 Å². The lowest BCUT2D eigenvalue weighted by Gasteiger charge is -2.21. The van der Waals surface area contributed by atoms with Crippen molar-refractivity contribution in [3.8, 4) is 0 Å². The third kappa shape index (κ3) is 5.80. The molecule has 0 aliphatic rings. The molecule has 0 saturated heterocycles. The Bertz CT molecular complexity index is 1210. The van der Waals surface area contributed by atoms with Crippen LogP contribution in [-0.2, 0) is 26.2 Å². The second kappa shape index (κ2) is 9.75. The topological polar surface area (TPSA) is 109 Å². The van der Waals surface area contributed by atoms with E-state index in [0.717, 1.165) is 15.9 Å². The molecule has 3 aromatic rings. The minimum absolute atomic E-state index is 0.0391. The predicted molar refractivity (Wildman–Crippen MR) is 117 cm³/mol. The first kappa shape index (κ1) is 23.2. The number of furan rings is 1. The second-order valence-electron chi connectivity index (χ2n) is 7.09. The van der Waals surface area contributed by atoms with Crippen molar-refractivity contribution in [2.24, 2.45) is 0 Å². The zero-order valence-electron chi connectivity index (χ0n) is 17.5. The van der Waals surface area contributed by atoms with Crippen LogP contribution in [0.25, 0.3) is 0 Å². The monoisotopic (exact) mass is 459 g/mol. The van der Waals surface area contributed by atoms with Gasteiger partial charge in [0, 0.05) is 12.6 Å². The number of anilines is 2. The van der Waals surface area contributed by atoms with Crippen LogP contribution in [0.5, 0.6) is 0 Å². The lowest BCUT2D eigenvalue weighted by Crippen LogP contribution is -2.37. The molecule has 0 saturated carbocycles. The molecule has 32 heavy (non-hydrogen) atoms. The summed E-state index contributed by atoms with van der Waals surface area (Å²) >= 11 is 0. The van der Waals surface area contributed by atoms with Gasteiger partial charge in [-0.15, -0.1) is 0 Å². The van der Waals surface area contributed by atoms with Gasteiger partial charge < -0.3 is 15.1 Å². The summed E-state index contributed by atoms with van der Waals surface area (Å²) in [5, 5.41) is 4.86. The number of halogens is 1. The van der Waals surface area contributed by atoms with Gasteiger partial charge >= 0.3 is 0 Å². The lowest BCUT2D eigenvalue weighted by atomic mass is 10.2. The van der Waals surface area contributed by atoms with E-state index in [1.807, 2.05) is 6.92 Å². The molecular formula is C22H22FN3O5S. The number of carbonyl (C=O) groups excluding carboxylic acids is 2. The van der Waals surface area contributed by atoms with Gasteiger partial charge in [0.25, 0.3) is 0 Å². The van der Waals surface area contributed by atoms with Crippen LogP contribution in [0.2, 0.25) is 0 Å². The standard InChI is InChI=1S/C22H22FN3O5S/c1-15-5-8-19(9-6-15)32(29,30)26(13-18-4-3-11-31-18)14-22(28)25-17-7-10-20(23)21(12-17)24-16(2)27/h3-12H,13-14H2,1-2H3,(H,24,27)(H,25,28). The summed E-state index contributed by atoms with van der Waals surface area (Å²) in [5.41, 5.74) is 0.992. The van der Waals surface area contributed by atoms with Crippen molar-refractivity contribution in [3.63, 3.8) is 0 Å². The summed E-state index contributed by atoms with van der Waals surface area (Å²) in [5.74, 6) is -1.42. The molecule has 1 heterocycles. The quantitative estimate of drug-likeness (QED) is 0.536. The van der Waals surface area contributed by atoms with Gasteiger partial charge in [-0.2, -0.15) is 4.31 Å². The average Bonchev–Trinajstić information content (AvgIpc) is 3.23. The van der Waals surface area contributed by atoms with Crippen LogP contribution in [0, 0.1) is 12.7 Å². The Morgan fingerprint density at radius 1 is 1.06 bits per heavy atom. The van der Waals surface area contributed by atoms with Crippen LogP contribution in [0.15, 0.2) is 70.2 Å². The first-order valence-electron chi connectivity index (χ1n) is 9.61. The predicted octanol–water partition coefficient (Wildman–Crippen LogP) is 3.52. The molecule has 0 fully saturated rings. The summed E-state index contributed by atoms with van der Waals surface area (Å²) in [4.78, 5) is 23.9. The number of hydrogen-bond donors (Lipinski definition) is 2. The molecule has 8 nitrogen and oxygen atoms in total. The van der Waals surface area contributed by atoms with Gasteiger partial charge in [-0.3, -0.25) is 9.59 Å². The Balaban J connectivity index is 1.82. The van der Waals surface area contributed by atoms with Gasteiger partial charge in [-0.25, -0.2) is 12.8 Å². The molecule has 10 heteroatoms. The normalized spacial score (nSPS) is 11.4. The zero-order chi connectivity index (χ0) is 23.3. The average molecular weight is 459 g/mol. The fourth-order valence-electron chi connectivity index (χ4n) is 2.91. The maximum Gasteiger partial charge on any atom is 0.243 e. The van der Waals surface area contributed by atoms with Crippen LogP contribution >= 0.6 is 0 Å². The Kier molecular flexibility index (Phi) is 7.06. The minimum Gasteiger partial charge on any atom is -0.468 e. The highest BCUT2D eigenvalue weighted by Crippen LogP contribution is 2.22. The molecule has 0 bridgehead atoms. The highest BCUT2D eigenvalue weighted by molar-refractivity contribution is 7.89. The van der Waals surface area contributed by atoms with Crippen molar-refractivity contribution in [1.82, 2.24) is 4.31 Å². The Hall–Kier alpha value is -3.50. The van der Waals surface area contributed by atoms with E-state index in [1.54, 1.807) is 24.3 Å². The molecular weight excluding hydrogens is 437 g/mol. The molecule has 0 spiro atoms. The van der Waals surface area contributed by atoms with Gasteiger partial charge in [-0.05, 0) is 49.4 Å². The van der Waals surface area contributed by atoms with Crippen LogP contribution in [0.3, 0.4) is 0 Å². The minimum atomic E-state index is -4.02. The number of rotatable bonds is 8. The highest BCUT2D eigenvalue weighted by Gasteiger charge is 2.28. The second-order valence-corrected chi connectivity index (χ2v) is 9.03. The van der Waals surface area contributed by atoms with Crippen LogP contribution in [-0.4, -0.2) is 31.1 Å². The van der Waals surface area contributed by atoms with E-state index in [9.17, 15) is 22.4 Å². The molecule has 2 N–H and O–H groups in total. The first-order chi connectivity index (χ1) is 15.1. The van der Waals surface area contributed by atoms with Crippen molar-refractivity contribution in [3.05, 3.63) is 78.0 Å². The number of carbonyl (C=O) groups is 2. The molecule has 2 amide bonds. The summed E-state index contributed by atoms with van der Waals surface area (Å²) in [6, 6.07) is 13.1. The highest BCUT2D eigenvalue weighted by atomic mass is 32.2. The summed E-state index contributed by atoms with van der Waals surface area (Å²) in [6.45, 7) is 2.40. The molecule has 3 rings (SSSR count). The fraction of sp³-hybridized carbons (Fsp3) is 0.182. The SMILES string of the molecule is CC(=O)Nc1cc(NC(=O)CN(Cc2ccco2)S(=O)(=O)c2ccc(C)cc2)ccc1F. The first-order valence-corrected chi connectivity index (χ1v) is 11.1. The van der Waals surface area contributed by atoms with Crippen molar-refractivity contribution < 1.29 is 26.8 Å². The van der Waals surface area contributed by atoms with Gasteiger partial charge in [-0.1, -0.05) is 17.7 Å². The third-order valence-corrected chi connectivity index (χ3v) is 6.26. The molecule has 0 aliphatic heterocycles. The van der Waals surface area contributed by atoms with Crippen molar-refractivity contribution in [2.75, 3.05) is 17.2 Å². The number of amides is 2. The van der Waals surface area contributed by atoms with Gasteiger partial charge in [0.15, 0.2) is 0 Å². The molecule has 1 aromatic heterocycles. The molecule has 2 aromatic carbocycles. The number of benzene rings is 2. The van der Waals surface area contributed by atoms with Crippen molar-refractivity contribution in [1.29, 1.82) is 0 Å². The van der Waals surface area contributed by atoms with Crippen LogP contribution in [0.1, 0.15) is 18.2 Å². The Morgan fingerprint density at radius 3 is 2.41 bits per heavy atom. The van der Waals surface area contributed by atoms with Gasteiger partial charge in [0.1, 0.15) is 11.6 Å². The smallest absolute Gasteiger partial charge is 0.243 e. The van der Waals surface area contributed by atoms with E-state index >= 15 is 0 Å². The number of nitrogens with one attached hydrogen (secondary N) is 2. The van der Waals surface area contributed by atoms with E-state index in [-0.39, 0.29) is 22.8 Å². The number of aryl methyl sites for hydroxylation is 1. The summed E-state index contributed by atoms with van der Waals surface area (Å²) in [6.07, 6.45) is 1.41. The Morgan fingerprint density at radius 2 is 1.78 bits per heavy atom. The van der Waals surface area contributed by atoms with E-state index in [2.05, 4.69) is 10.6 Å². The maximum absolute atomic E-state index is 13.8. The molecule has 0 atom stereocenters. The lowest BCUT2D eigenvalue weighted by molar-refractivity contribution is -0.116. The fourth-order valence-corrected chi connectivity index (χ4v) is 4.27. The van der Waals surface area contributed by atoms with E-state index in [1.165, 1.54) is 37.5 Å². The number of nitrogens with zero attached hydrogens (tertiary/aromatic N) is 1. The molecule has 168 valence electrons. The van der Waals surface area contributed by atoms with Gasteiger partial charge in [0.05, 0.1) is 29.9 Å². The zero-order valence-corrected chi connectivity index (χ0v) is 18.3. The number of hydrogen-bond acceptors (Lipinski definition) is 5. The van der Waals surface area contributed by atoms with Crippen LogP contribution in [0.4, 0.5) is 15.8 Å². The third-order valence-electron chi connectivity index (χ3n) is 4.45. The largest absolute Gasteiger partial charge is 0.468 e. The molecule has 0 aliphatic carbocycles.